The molecule has 46 heavy (non-hydrogen) atoms. The van der Waals surface area contributed by atoms with Crippen molar-refractivity contribution < 1.29 is 14.4 Å². The van der Waals surface area contributed by atoms with Gasteiger partial charge in [-0.05, 0) is 12.8 Å². The number of unbranched alkanes of at least 4 members (excludes halogenated alkanes) is 24. The summed E-state index contributed by atoms with van der Waals surface area (Å²) in [7, 11) is -6.23. The van der Waals surface area contributed by atoms with Crippen LogP contribution in [0.4, 0.5) is 0 Å². The standard InChI is InChI=1S/C40H82O3P2.HI/c1-6-8-10-12-14-16-18-20-22-24-26-28-30-32-34-36-38-40(44(3,4)5,45(41,42)43)39-37-35-33-31-29-27-25-23-21-19-17-15-13-11-9-7-2;/h20-23,44H,6-19,24-39H2,1-5H3,(H2,41,42,43);1H/b22-20-,23-21-;. The van der Waals surface area contributed by atoms with Gasteiger partial charge in [0.05, 0.1) is 0 Å². The molecular formula is C40H83IO3P2. The number of hydrogen-bond donors (Lipinski definition) is 2. The van der Waals surface area contributed by atoms with Crippen molar-refractivity contribution >= 4 is 38.8 Å². The van der Waals surface area contributed by atoms with Crippen LogP contribution >= 0.6 is 38.8 Å². The topological polar surface area (TPSA) is 57.5 Å². The van der Waals surface area contributed by atoms with Crippen molar-refractivity contribution in [3.63, 3.8) is 0 Å². The smallest absolute Gasteiger partial charge is 0.107 e. The molecule has 0 bridgehead atoms. The van der Waals surface area contributed by atoms with Gasteiger partial charge in [0, 0.05) is 0 Å². The summed E-state index contributed by atoms with van der Waals surface area (Å²) in [6.07, 6.45) is 46.3. The first-order valence-electron chi connectivity index (χ1n) is 20.0. The van der Waals surface area contributed by atoms with Gasteiger partial charge in [0.15, 0.2) is 0 Å². The second-order valence-electron chi connectivity index (χ2n) is 15.2. The summed E-state index contributed by atoms with van der Waals surface area (Å²) < 4.78 is 13.0. The van der Waals surface area contributed by atoms with Crippen LogP contribution in [0.1, 0.15) is 206 Å². The van der Waals surface area contributed by atoms with Crippen molar-refractivity contribution in [3.8, 4) is 0 Å². The number of rotatable bonds is 34. The first-order valence-corrected chi connectivity index (χ1v) is 25.1. The fourth-order valence-electron chi connectivity index (χ4n) is 6.93. The Labute approximate surface area is 307 Å². The molecule has 0 aromatic heterocycles. The Hall–Kier alpha value is 0.790. The van der Waals surface area contributed by atoms with Gasteiger partial charge >= 0.3 is 194 Å². The van der Waals surface area contributed by atoms with Crippen molar-refractivity contribution in [1.82, 2.24) is 0 Å². The van der Waals surface area contributed by atoms with E-state index in [-0.39, 0.29) is 24.0 Å². The summed E-state index contributed by atoms with van der Waals surface area (Å²) in [5.74, 6) is 0. The minimum atomic E-state index is -4.16. The molecule has 0 rings (SSSR count). The molecule has 3 nitrogen and oxygen atoms in total. The molecule has 0 aliphatic carbocycles. The van der Waals surface area contributed by atoms with Gasteiger partial charge in [-0.15, -0.1) is 24.0 Å². The second kappa shape index (κ2) is 33.0. The molecule has 0 spiro atoms. The van der Waals surface area contributed by atoms with Crippen molar-refractivity contribution in [2.45, 2.75) is 211 Å². The van der Waals surface area contributed by atoms with Crippen LogP contribution in [0.15, 0.2) is 24.3 Å². The summed E-state index contributed by atoms with van der Waals surface area (Å²) in [5.41, 5.74) is 0. The van der Waals surface area contributed by atoms with Crippen LogP contribution in [-0.2, 0) is 4.57 Å². The van der Waals surface area contributed by atoms with Crippen LogP contribution in [0.2, 0.25) is 0 Å². The van der Waals surface area contributed by atoms with Crippen molar-refractivity contribution in [1.29, 1.82) is 0 Å². The monoisotopic (exact) mass is 800 g/mol. The molecule has 0 amide bonds. The molecule has 0 unspecified atom stereocenters. The third-order valence-corrected chi connectivity index (χ3v) is 17.9. The fourth-order valence-corrected chi connectivity index (χ4v) is 13.2. The van der Waals surface area contributed by atoms with E-state index in [2.05, 4.69) is 58.1 Å². The average Bonchev–Trinajstić information content (AvgIpc) is 2.98. The fraction of sp³-hybridized carbons (Fsp3) is 0.900. The van der Waals surface area contributed by atoms with Crippen LogP contribution in [-0.4, -0.2) is 34.7 Å². The molecule has 0 atom stereocenters. The molecule has 278 valence electrons. The first kappa shape index (κ1) is 48.9. The SMILES string of the molecule is CCCCCCCC/C=C\CCCCCCCCC(CCCCCCCC/C=C\CCCCCCCC)(P(=O)(O)O)[PH](C)(C)C.I. The predicted octanol–water partition coefficient (Wildman–Crippen LogP) is 15.0. The Balaban J connectivity index is 0. The zero-order valence-corrected chi connectivity index (χ0v) is 35.9. The third-order valence-electron chi connectivity index (χ3n) is 10.2. The van der Waals surface area contributed by atoms with E-state index in [1.165, 1.54) is 154 Å². The van der Waals surface area contributed by atoms with Gasteiger partial charge in [-0.3, -0.25) is 0 Å². The molecule has 0 radical (unpaired) electrons. The van der Waals surface area contributed by atoms with E-state index in [9.17, 15) is 14.4 Å². The summed E-state index contributed by atoms with van der Waals surface area (Å²) >= 11 is 0. The molecule has 0 heterocycles. The molecule has 0 aromatic carbocycles. The van der Waals surface area contributed by atoms with Gasteiger partial charge in [0.1, 0.15) is 0 Å². The van der Waals surface area contributed by atoms with E-state index < -0.39 is 19.8 Å². The third kappa shape index (κ3) is 26.6. The Kier molecular flexibility index (Phi) is 35.0. The molecule has 6 heteroatoms. The zero-order valence-electron chi connectivity index (χ0n) is 31.7. The van der Waals surface area contributed by atoms with E-state index in [1.54, 1.807) is 0 Å². The molecule has 0 aliphatic rings. The van der Waals surface area contributed by atoms with Crippen LogP contribution < -0.4 is 0 Å². The molecule has 0 fully saturated rings. The molecule has 0 saturated carbocycles. The van der Waals surface area contributed by atoms with E-state index in [0.29, 0.717) is 12.8 Å². The summed E-state index contributed by atoms with van der Waals surface area (Å²) in [6.45, 7) is 11.1. The molecule has 0 saturated heterocycles. The summed E-state index contributed by atoms with van der Waals surface area (Å²) in [5, 5.41) is 0. The van der Waals surface area contributed by atoms with E-state index in [0.717, 1.165) is 25.7 Å². The summed E-state index contributed by atoms with van der Waals surface area (Å²) in [6, 6.07) is 0. The van der Waals surface area contributed by atoms with Gasteiger partial charge in [0.2, 0.25) is 0 Å². The van der Waals surface area contributed by atoms with Crippen LogP contribution in [0, 0.1) is 0 Å². The largest absolute Gasteiger partial charge is 0.107 e. The number of allylic oxidation sites excluding steroid dienone is 4. The van der Waals surface area contributed by atoms with E-state index in [1.807, 2.05) is 0 Å². The average molecular weight is 801 g/mol. The Morgan fingerprint density at radius 2 is 0.696 bits per heavy atom. The summed E-state index contributed by atoms with van der Waals surface area (Å²) in [4.78, 5) is 20.5. The van der Waals surface area contributed by atoms with E-state index >= 15 is 0 Å². The van der Waals surface area contributed by atoms with Gasteiger partial charge in [-0.1, -0.05) is 78.1 Å². The molecule has 0 aliphatic heterocycles. The number of halogens is 1. The van der Waals surface area contributed by atoms with Gasteiger partial charge in [-0.25, -0.2) is 0 Å². The van der Waals surface area contributed by atoms with Crippen LogP contribution in [0.25, 0.3) is 0 Å². The maximum atomic E-state index is 13.0. The Morgan fingerprint density at radius 3 is 0.935 bits per heavy atom. The van der Waals surface area contributed by atoms with Gasteiger partial charge in [0.25, 0.3) is 0 Å². The number of hydrogen-bond acceptors (Lipinski definition) is 1. The van der Waals surface area contributed by atoms with Crippen molar-refractivity contribution in [2.24, 2.45) is 0 Å². The van der Waals surface area contributed by atoms with Gasteiger partial charge < -0.3 is 0 Å². The van der Waals surface area contributed by atoms with Crippen molar-refractivity contribution in [2.75, 3.05) is 20.0 Å². The van der Waals surface area contributed by atoms with Gasteiger partial charge in [-0.2, -0.15) is 0 Å². The molecular weight excluding hydrogens is 717 g/mol. The second-order valence-corrected chi connectivity index (χ2v) is 23.0. The minimum Gasteiger partial charge on any atom is -0.107 e. The van der Waals surface area contributed by atoms with Crippen molar-refractivity contribution in [3.05, 3.63) is 24.3 Å². The van der Waals surface area contributed by atoms with Crippen LogP contribution in [0.5, 0.6) is 0 Å². The molecule has 2 N–H and O–H groups in total. The first-order chi connectivity index (χ1) is 21.6. The quantitative estimate of drug-likeness (QED) is 0.0295. The minimum absolute atomic E-state index is 0. The van der Waals surface area contributed by atoms with Crippen LogP contribution in [0.3, 0.4) is 0 Å². The van der Waals surface area contributed by atoms with E-state index in [4.69, 9.17) is 0 Å². The predicted molar refractivity (Wildman–Crippen MR) is 224 cm³/mol. The Morgan fingerprint density at radius 1 is 0.457 bits per heavy atom. The molecule has 0 aromatic rings. The Bertz CT molecular complexity index is 699. The normalized spacial score (nSPS) is 13.2. The zero-order chi connectivity index (χ0) is 33.5. The maximum absolute atomic E-state index is 13.0. The maximum Gasteiger partial charge on any atom is -0.107 e.